The molecule has 0 N–H and O–H groups in total. The van der Waals surface area contributed by atoms with Crippen LogP contribution in [0.3, 0.4) is 0 Å². The number of halogens is 2. The molecule has 4 rings (SSSR count). The Kier molecular flexibility index (Phi) is 7.59. The molecule has 0 aromatic heterocycles. The standard InChI is InChI=1S/C30H32F2/c1-2-3-4-5-6-22-7-9-23(10-8-22)11-12-24-13-15-25(16-14-24)26-17-18-27-20-29(31)30(32)21-28(27)19-26/h7-10,17-21,24-25H,2-6,13-16H2,1H3. The van der Waals surface area contributed by atoms with Gasteiger partial charge in [0.05, 0.1) is 0 Å². The number of fused-ring (bicyclic) bond motifs is 1. The largest absolute Gasteiger partial charge is 0.204 e. The smallest absolute Gasteiger partial charge is 0.159 e. The minimum atomic E-state index is -0.786. The van der Waals surface area contributed by atoms with Crippen LogP contribution in [0.15, 0.2) is 54.6 Å². The normalized spacial score (nSPS) is 18.3. The summed E-state index contributed by atoms with van der Waals surface area (Å²) in [5.74, 6) is 6.21. The Hall–Kier alpha value is -2.66. The van der Waals surface area contributed by atoms with Crippen molar-refractivity contribution in [2.24, 2.45) is 5.92 Å². The third-order valence-corrected chi connectivity index (χ3v) is 6.80. The van der Waals surface area contributed by atoms with Gasteiger partial charge in [0.1, 0.15) is 0 Å². The second-order valence-corrected chi connectivity index (χ2v) is 9.20. The van der Waals surface area contributed by atoms with Crippen LogP contribution >= 0.6 is 0 Å². The predicted molar refractivity (Wildman–Crippen MR) is 130 cm³/mol. The van der Waals surface area contributed by atoms with Crippen LogP contribution in [0.2, 0.25) is 0 Å². The summed E-state index contributed by atoms with van der Waals surface area (Å²) in [6.07, 6.45) is 10.7. The molecule has 1 saturated carbocycles. The van der Waals surface area contributed by atoms with E-state index in [1.807, 2.05) is 12.1 Å². The zero-order valence-electron chi connectivity index (χ0n) is 19.0. The Balaban J connectivity index is 1.31. The van der Waals surface area contributed by atoms with Crippen LogP contribution in [0.4, 0.5) is 8.78 Å². The van der Waals surface area contributed by atoms with E-state index in [1.54, 1.807) is 0 Å². The summed E-state index contributed by atoms with van der Waals surface area (Å²) in [5, 5.41) is 1.52. The zero-order valence-corrected chi connectivity index (χ0v) is 19.0. The lowest BCUT2D eigenvalue weighted by Gasteiger charge is -2.26. The molecule has 0 bridgehead atoms. The Morgan fingerprint density at radius 2 is 1.50 bits per heavy atom. The van der Waals surface area contributed by atoms with Gasteiger partial charge in [0.15, 0.2) is 11.6 Å². The molecule has 3 aromatic rings. The van der Waals surface area contributed by atoms with Gasteiger partial charge in [0, 0.05) is 11.5 Å². The molecule has 166 valence electrons. The first-order chi connectivity index (χ1) is 15.6. The van der Waals surface area contributed by atoms with Crippen molar-refractivity contribution in [3.8, 4) is 11.8 Å². The summed E-state index contributed by atoms with van der Waals surface area (Å²) >= 11 is 0. The molecule has 0 heterocycles. The van der Waals surface area contributed by atoms with Crippen molar-refractivity contribution < 1.29 is 8.78 Å². The van der Waals surface area contributed by atoms with Crippen molar-refractivity contribution in [1.29, 1.82) is 0 Å². The van der Waals surface area contributed by atoms with Gasteiger partial charge in [0.25, 0.3) is 0 Å². The molecule has 0 saturated heterocycles. The minimum absolute atomic E-state index is 0.437. The fourth-order valence-electron chi connectivity index (χ4n) is 4.78. The topological polar surface area (TPSA) is 0 Å². The van der Waals surface area contributed by atoms with Gasteiger partial charge < -0.3 is 0 Å². The average Bonchev–Trinajstić information content (AvgIpc) is 2.82. The molecule has 1 aliphatic rings. The minimum Gasteiger partial charge on any atom is -0.204 e. The van der Waals surface area contributed by atoms with E-state index in [0.717, 1.165) is 48.4 Å². The molecular weight excluding hydrogens is 398 g/mol. The average molecular weight is 431 g/mol. The third-order valence-electron chi connectivity index (χ3n) is 6.80. The molecule has 0 amide bonds. The van der Waals surface area contributed by atoms with E-state index in [0.29, 0.717) is 11.8 Å². The van der Waals surface area contributed by atoms with Gasteiger partial charge in [-0.15, -0.1) is 0 Å². The van der Waals surface area contributed by atoms with Crippen LogP contribution in [0.5, 0.6) is 0 Å². The quantitative estimate of drug-likeness (QED) is 0.271. The van der Waals surface area contributed by atoms with Crippen LogP contribution in [0.1, 0.15) is 80.9 Å². The molecule has 0 nitrogen and oxygen atoms in total. The van der Waals surface area contributed by atoms with Crippen LogP contribution in [0, 0.1) is 29.4 Å². The van der Waals surface area contributed by atoms with E-state index in [-0.39, 0.29) is 0 Å². The Bertz CT molecular complexity index is 1090. The summed E-state index contributed by atoms with van der Waals surface area (Å²) in [4.78, 5) is 0. The van der Waals surface area contributed by atoms with E-state index >= 15 is 0 Å². The number of rotatable bonds is 6. The second-order valence-electron chi connectivity index (χ2n) is 9.20. The first-order valence-corrected chi connectivity index (χ1v) is 12.1. The first kappa shape index (κ1) is 22.5. The van der Waals surface area contributed by atoms with Crippen LogP contribution < -0.4 is 0 Å². The van der Waals surface area contributed by atoms with Crippen molar-refractivity contribution in [3.05, 3.63) is 82.9 Å². The number of aryl methyl sites for hydroxylation is 1. The fourth-order valence-corrected chi connectivity index (χ4v) is 4.78. The number of benzene rings is 3. The Morgan fingerprint density at radius 3 is 2.22 bits per heavy atom. The molecule has 1 aliphatic carbocycles. The van der Waals surface area contributed by atoms with E-state index in [2.05, 4.69) is 49.1 Å². The van der Waals surface area contributed by atoms with Crippen molar-refractivity contribution >= 4 is 10.8 Å². The van der Waals surface area contributed by atoms with Gasteiger partial charge in [0.2, 0.25) is 0 Å². The van der Waals surface area contributed by atoms with Crippen LogP contribution in [-0.2, 0) is 6.42 Å². The molecule has 0 aliphatic heterocycles. The Morgan fingerprint density at radius 1 is 0.781 bits per heavy atom. The van der Waals surface area contributed by atoms with E-state index in [1.165, 1.54) is 48.9 Å². The van der Waals surface area contributed by atoms with Crippen molar-refractivity contribution in [2.45, 2.75) is 70.6 Å². The zero-order chi connectivity index (χ0) is 22.3. The van der Waals surface area contributed by atoms with Gasteiger partial charge in [-0.2, -0.15) is 0 Å². The highest BCUT2D eigenvalue weighted by Crippen LogP contribution is 2.36. The summed E-state index contributed by atoms with van der Waals surface area (Å²) in [6, 6.07) is 17.4. The molecule has 32 heavy (non-hydrogen) atoms. The predicted octanol–water partition coefficient (Wildman–Crippen LogP) is 8.57. The van der Waals surface area contributed by atoms with Crippen LogP contribution in [0.25, 0.3) is 10.8 Å². The molecule has 2 heteroatoms. The first-order valence-electron chi connectivity index (χ1n) is 12.1. The SMILES string of the molecule is CCCCCCc1ccc(C#CC2CCC(c3ccc4cc(F)c(F)cc4c3)CC2)cc1. The fraction of sp³-hybridized carbons (Fsp3) is 0.400. The summed E-state index contributed by atoms with van der Waals surface area (Å²) in [6.45, 7) is 2.24. The highest BCUT2D eigenvalue weighted by Gasteiger charge is 2.21. The highest BCUT2D eigenvalue weighted by atomic mass is 19.2. The maximum atomic E-state index is 13.6. The molecular formula is C30H32F2. The molecule has 0 atom stereocenters. The molecule has 0 unspecified atom stereocenters. The van der Waals surface area contributed by atoms with Gasteiger partial charge in [-0.3, -0.25) is 0 Å². The monoisotopic (exact) mass is 430 g/mol. The Labute approximate surface area is 191 Å². The van der Waals surface area contributed by atoms with Crippen molar-refractivity contribution in [3.63, 3.8) is 0 Å². The van der Waals surface area contributed by atoms with E-state index in [9.17, 15) is 8.78 Å². The van der Waals surface area contributed by atoms with Gasteiger partial charge in [-0.1, -0.05) is 68.4 Å². The lowest BCUT2D eigenvalue weighted by molar-refractivity contribution is 0.385. The lowest BCUT2D eigenvalue weighted by Crippen LogP contribution is -2.12. The number of unbranched alkanes of at least 4 members (excludes halogenated alkanes) is 3. The van der Waals surface area contributed by atoms with Gasteiger partial charge >= 0.3 is 0 Å². The molecule has 3 aromatic carbocycles. The number of hydrogen-bond acceptors (Lipinski definition) is 0. The summed E-state index contributed by atoms with van der Waals surface area (Å²) in [7, 11) is 0. The molecule has 0 radical (unpaired) electrons. The molecule has 1 fully saturated rings. The number of hydrogen-bond donors (Lipinski definition) is 0. The van der Waals surface area contributed by atoms with E-state index < -0.39 is 11.6 Å². The maximum absolute atomic E-state index is 13.6. The van der Waals surface area contributed by atoms with Gasteiger partial charge in [-0.05, 0) is 90.6 Å². The maximum Gasteiger partial charge on any atom is 0.159 e. The summed E-state index contributed by atoms with van der Waals surface area (Å²) in [5.41, 5.74) is 3.74. The third kappa shape index (κ3) is 5.77. The van der Waals surface area contributed by atoms with Gasteiger partial charge in [-0.25, -0.2) is 8.78 Å². The van der Waals surface area contributed by atoms with Crippen molar-refractivity contribution in [2.75, 3.05) is 0 Å². The highest BCUT2D eigenvalue weighted by molar-refractivity contribution is 5.83. The van der Waals surface area contributed by atoms with Crippen molar-refractivity contribution in [1.82, 2.24) is 0 Å². The second kappa shape index (κ2) is 10.8. The van der Waals surface area contributed by atoms with E-state index in [4.69, 9.17) is 0 Å². The summed E-state index contributed by atoms with van der Waals surface area (Å²) < 4.78 is 27.1. The lowest BCUT2D eigenvalue weighted by atomic mass is 9.78. The van der Waals surface area contributed by atoms with Crippen LogP contribution in [-0.4, -0.2) is 0 Å². The molecule has 0 spiro atoms.